The van der Waals surface area contributed by atoms with Crippen LogP contribution in [0.25, 0.3) is 10.2 Å². The fourth-order valence-electron chi connectivity index (χ4n) is 1.98. The summed E-state index contributed by atoms with van der Waals surface area (Å²) in [6.07, 6.45) is 6.81. The van der Waals surface area contributed by atoms with Crippen molar-refractivity contribution in [3.05, 3.63) is 41.0 Å². The van der Waals surface area contributed by atoms with Crippen LogP contribution in [0.15, 0.2) is 40.0 Å². The lowest BCUT2D eigenvalue weighted by molar-refractivity contribution is 0.0962. The highest BCUT2D eigenvalue weighted by Gasteiger charge is 2.11. The van der Waals surface area contributed by atoms with Crippen LogP contribution in [0.1, 0.15) is 10.6 Å². The molecule has 0 spiro atoms. The van der Waals surface area contributed by atoms with E-state index >= 15 is 0 Å². The van der Waals surface area contributed by atoms with Crippen molar-refractivity contribution in [2.45, 2.75) is 6.54 Å². The van der Waals surface area contributed by atoms with Gasteiger partial charge in [0.15, 0.2) is 4.80 Å². The van der Waals surface area contributed by atoms with E-state index in [1.165, 1.54) is 23.6 Å². The van der Waals surface area contributed by atoms with Crippen molar-refractivity contribution in [2.75, 3.05) is 7.11 Å². The number of hydrogen-bond acceptors (Lipinski definition) is 5. The summed E-state index contributed by atoms with van der Waals surface area (Å²) < 4.78 is 12.8. The zero-order valence-electron chi connectivity index (χ0n) is 11.6. The van der Waals surface area contributed by atoms with Gasteiger partial charge in [-0.1, -0.05) is 22.4 Å². The van der Waals surface area contributed by atoms with E-state index in [0.29, 0.717) is 11.3 Å². The second-order valence-electron chi connectivity index (χ2n) is 4.30. The third-order valence-corrected chi connectivity index (χ3v) is 4.03. The molecule has 3 rings (SSSR count). The number of nitrogens with zero attached hydrogens (tertiary/aromatic N) is 3. The van der Waals surface area contributed by atoms with Gasteiger partial charge in [0.05, 0.1) is 30.1 Å². The number of terminal acetylenes is 1. The molecule has 3 aromatic rings. The van der Waals surface area contributed by atoms with E-state index in [1.807, 2.05) is 18.2 Å². The summed E-state index contributed by atoms with van der Waals surface area (Å²) in [5.41, 5.74) is 0.896. The minimum absolute atomic E-state index is 0.0855. The van der Waals surface area contributed by atoms with Crippen LogP contribution in [0.3, 0.4) is 0 Å². The average molecular weight is 313 g/mol. The molecule has 0 radical (unpaired) electrons. The first kappa shape index (κ1) is 14.1. The van der Waals surface area contributed by atoms with E-state index in [4.69, 9.17) is 15.7 Å². The predicted octanol–water partition coefficient (Wildman–Crippen LogP) is 2.07. The van der Waals surface area contributed by atoms with Crippen LogP contribution in [0.2, 0.25) is 0 Å². The smallest absolute Gasteiger partial charge is 0.318 e. The summed E-state index contributed by atoms with van der Waals surface area (Å²) in [5, 5.41) is 3.50. The lowest BCUT2D eigenvalue weighted by Gasteiger charge is -2.01. The zero-order valence-corrected chi connectivity index (χ0v) is 12.5. The van der Waals surface area contributed by atoms with Gasteiger partial charge in [-0.2, -0.15) is 4.99 Å². The Morgan fingerprint density at radius 1 is 1.55 bits per heavy atom. The maximum atomic E-state index is 12.0. The van der Waals surface area contributed by atoms with E-state index in [1.54, 1.807) is 11.7 Å². The van der Waals surface area contributed by atoms with Crippen LogP contribution in [0.5, 0.6) is 5.75 Å². The Kier molecular flexibility index (Phi) is 3.76. The molecule has 0 N–H and O–H groups in total. The fourth-order valence-corrected chi connectivity index (χ4v) is 3.03. The highest BCUT2D eigenvalue weighted by molar-refractivity contribution is 7.16. The van der Waals surface area contributed by atoms with Gasteiger partial charge in [0.2, 0.25) is 5.76 Å². The molecule has 0 bridgehead atoms. The molecule has 2 heterocycles. The van der Waals surface area contributed by atoms with E-state index < -0.39 is 5.91 Å². The molecule has 1 amide bonds. The summed E-state index contributed by atoms with van der Waals surface area (Å²) in [4.78, 5) is 16.6. The molecule has 0 aliphatic rings. The number of carbonyl (C=O) groups excluding carboxylic acids is 1. The lowest BCUT2D eigenvalue weighted by Crippen LogP contribution is -2.16. The molecule has 6 nitrogen and oxygen atoms in total. The number of fused-ring (bicyclic) bond motifs is 1. The summed E-state index contributed by atoms with van der Waals surface area (Å²) >= 11 is 1.36. The number of hydrogen-bond donors (Lipinski definition) is 0. The first-order valence-corrected chi connectivity index (χ1v) is 7.15. The molecule has 110 valence electrons. The van der Waals surface area contributed by atoms with Crippen molar-refractivity contribution in [3.63, 3.8) is 0 Å². The minimum atomic E-state index is -0.498. The zero-order chi connectivity index (χ0) is 15.5. The Bertz CT molecular complexity index is 929. The summed E-state index contributed by atoms with van der Waals surface area (Å²) in [7, 11) is 1.60. The third kappa shape index (κ3) is 2.52. The molecule has 0 aliphatic heterocycles. The minimum Gasteiger partial charge on any atom is -0.497 e. The molecule has 0 unspecified atom stereocenters. The Hall–Kier alpha value is -2.85. The van der Waals surface area contributed by atoms with Gasteiger partial charge in [-0.25, -0.2) is 0 Å². The van der Waals surface area contributed by atoms with Gasteiger partial charge in [0.25, 0.3) is 0 Å². The highest BCUT2D eigenvalue weighted by atomic mass is 32.1. The predicted molar refractivity (Wildman–Crippen MR) is 81.6 cm³/mol. The Labute approximate surface area is 129 Å². The molecular weight excluding hydrogens is 302 g/mol. The quantitative estimate of drug-likeness (QED) is 0.694. The van der Waals surface area contributed by atoms with Crippen molar-refractivity contribution >= 4 is 27.5 Å². The number of rotatable bonds is 3. The van der Waals surface area contributed by atoms with Crippen LogP contribution in [-0.2, 0) is 6.54 Å². The van der Waals surface area contributed by atoms with Crippen molar-refractivity contribution in [3.8, 4) is 18.1 Å². The highest BCUT2D eigenvalue weighted by Crippen LogP contribution is 2.23. The van der Waals surface area contributed by atoms with Crippen molar-refractivity contribution < 1.29 is 14.1 Å². The molecular formula is C15H11N3O3S. The monoisotopic (exact) mass is 313 g/mol. The van der Waals surface area contributed by atoms with Gasteiger partial charge in [0.1, 0.15) is 5.75 Å². The van der Waals surface area contributed by atoms with Gasteiger partial charge in [0, 0.05) is 6.07 Å². The number of carbonyl (C=O) groups is 1. The van der Waals surface area contributed by atoms with E-state index in [9.17, 15) is 4.79 Å². The molecule has 2 aromatic heterocycles. The molecule has 1 aromatic carbocycles. The van der Waals surface area contributed by atoms with Crippen molar-refractivity contribution in [1.29, 1.82) is 0 Å². The molecule has 0 saturated heterocycles. The Morgan fingerprint density at radius 3 is 3.09 bits per heavy atom. The third-order valence-electron chi connectivity index (χ3n) is 2.99. The summed E-state index contributed by atoms with van der Waals surface area (Å²) in [6.45, 7) is 0.314. The lowest BCUT2D eigenvalue weighted by atomic mass is 10.3. The first-order valence-electron chi connectivity index (χ1n) is 6.33. The molecule has 0 fully saturated rings. The number of amides is 1. The number of ether oxygens (including phenoxy) is 1. The maximum absolute atomic E-state index is 12.0. The van der Waals surface area contributed by atoms with Crippen LogP contribution in [-0.4, -0.2) is 22.7 Å². The Balaban J connectivity index is 2.17. The van der Waals surface area contributed by atoms with Crippen LogP contribution < -0.4 is 9.54 Å². The van der Waals surface area contributed by atoms with E-state index in [0.717, 1.165) is 16.0 Å². The topological polar surface area (TPSA) is 69.6 Å². The van der Waals surface area contributed by atoms with Gasteiger partial charge in [-0.3, -0.25) is 4.79 Å². The van der Waals surface area contributed by atoms with Crippen LogP contribution >= 0.6 is 11.3 Å². The molecule has 0 saturated carbocycles. The fraction of sp³-hybridized carbons (Fsp3) is 0.133. The molecule has 22 heavy (non-hydrogen) atoms. The van der Waals surface area contributed by atoms with Crippen molar-refractivity contribution in [1.82, 2.24) is 9.72 Å². The number of thiazole rings is 1. The summed E-state index contributed by atoms with van der Waals surface area (Å²) in [5.74, 6) is 2.89. The van der Waals surface area contributed by atoms with E-state index in [-0.39, 0.29) is 5.76 Å². The second-order valence-corrected chi connectivity index (χ2v) is 5.31. The maximum Gasteiger partial charge on any atom is 0.318 e. The van der Waals surface area contributed by atoms with Gasteiger partial charge in [-0.05, 0) is 18.2 Å². The van der Waals surface area contributed by atoms with Crippen LogP contribution in [0, 0.1) is 12.3 Å². The normalized spacial score (nSPS) is 11.5. The van der Waals surface area contributed by atoms with Gasteiger partial charge >= 0.3 is 5.91 Å². The number of methoxy groups -OCH3 is 1. The summed E-state index contributed by atoms with van der Waals surface area (Å²) in [6, 6.07) is 7.07. The molecule has 0 aliphatic carbocycles. The van der Waals surface area contributed by atoms with Gasteiger partial charge in [-0.15, -0.1) is 6.42 Å². The van der Waals surface area contributed by atoms with Crippen LogP contribution in [0.4, 0.5) is 0 Å². The Morgan fingerprint density at radius 2 is 2.41 bits per heavy atom. The standard InChI is InChI=1S/C15H11N3O3S/c1-3-8-18-11-5-4-10(20-2)9-13(11)22-15(18)17-14(19)12-6-7-16-21-12/h1,4-7,9H,8H2,2H3. The van der Waals surface area contributed by atoms with E-state index in [2.05, 4.69) is 16.1 Å². The second kappa shape index (κ2) is 5.87. The largest absolute Gasteiger partial charge is 0.497 e. The molecule has 7 heteroatoms. The first-order chi connectivity index (χ1) is 10.7. The van der Waals surface area contributed by atoms with Crippen molar-refractivity contribution in [2.24, 2.45) is 4.99 Å². The van der Waals surface area contributed by atoms with Gasteiger partial charge < -0.3 is 13.8 Å². The molecule has 0 atom stereocenters. The number of aromatic nitrogens is 2. The SMILES string of the molecule is C#CCn1c(=NC(=O)c2ccno2)sc2cc(OC)ccc21. The average Bonchev–Trinajstić information content (AvgIpc) is 3.16. The number of benzene rings is 1.